The van der Waals surface area contributed by atoms with Gasteiger partial charge in [-0.15, -0.1) is 12.4 Å². The Kier molecular flexibility index (Phi) is 7.62. The predicted molar refractivity (Wildman–Crippen MR) is 106 cm³/mol. The monoisotopic (exact) mass is 397 g/mol. The molecule has 2 rings (SSSR count). The summed E-state index contributed by atoms with van der Waals surface area (Å²) >= 11 is 0. The van der Waals surface area contributed by atoms with Crippen LogP contribution in [0, 0.1) is 13.8 Å². The predicted octanol–water partition coefficient (Wildman–Crippen LogP) is 2.60. The number of nitrogens with one attached hydrogen (secondary N) is 2. The second-order valence-electron chi connectivity index (χ2n) is 6.04. The van der Waals surface area contributed by atoms with Crippen molar-refractivity contribution in [2.24, 2.45) is 5.73 Å². The summed E-state index contributed by atoms with van der Waals surface area (Å²) in [5.41, 5.74) is 8.44. The van der Waals surface area contributed by atoms with E-state index in [0.717, 1.165) is 11.1 Å². The molecule has 26 heavy (non-hydrogen) atoms. The van der Waals surface area contributed by atoms with Gasteiger partial charge >= 0.3 is 0 Å². The zero-order valence-corrected chi connectivity index (χ0v) is 16.6. The van der Waals surface area contributed by atoms with Crippen molar-refractivity contribution in [1.29, 1.82) is 0 Å². The van der Waals surface area contributed by atoms with Crippen molar-refractivity contribution in [3.05, 3.63) is 59.2 Å². The van der Waals surface area contributed by atoms with E-state index in [1.165, 1.54) is 24.3 Å². The SMILES string of the molecule is Cc1ccc(NS(=O)(=O)c2ccc(C(=O)N[C@@H](C)CN)cc2)cc1C.Cl. The van der Waals surface area contributed by atoms with E-state index in [2.05, 4.69) is 10.0 Å². The number of anilines is 1. The molecule has 0 heterocycles. The maximum Gasteiger partial charge on any atom is 0.261 e. The Balaban J connectivity index is 0.00000338. The van der Waals surface area contributed by atoms with Crippen LogP contribution >= 0.6 is 12.4 Å². The standard InChI is InChI=1S/C18H23N3O3S.ClH/c1-12-4-7-16(10-13(12)2)21-25(23,24)17-8-5-15(6-9-17)18(22)20-14(3)11-19;/h4-10,14,21H,11,19H2,1-3H3,(H,20,22);1H/t14-;/m0./s1. The molecule has 0 spiro atoms. The summed E-state index contributed by atoms with van der Waals surface area (Å²) in [7, 11) is -3.71. The smallest absolute Gasteiger partial charge is 0.261 e. The molecule has 0 fully saturated rings. The first-order valence-corrected chi connectivity index (χ1v) is 9.42. The van der Waals surface area contributed by atoms with Crippen LogP contribution in [0.2, 0.25) is 0 Å². The number of rotatable bonds is 6. The number of carbonyl (C=O) groups excluding carboxylic acids is 1. The van der Waals surface area contributed by atoms with Crippen LogP contribution in [0.1, 0.15) is 28.4 Å². The maximum atomic E-state index is 12.5. The van der Waals surface area contributed by atoms with Crippen molar-refractivity contribution in [3.8, 4) is 0 Å². The van der Waals surface area contributed by atoms with Gasteiger partial charge in [0.25, 0.3) is 15.9 Å². The Bertz CT molecular complexity index is 868. The molecule has 0 unspecified atom stereocenters. The van der Waals surface area contributed by atoms with E-state index in [1.54, 1.807) is 19.1 Å². The quantitative estimate of drug-likeness (QED) is 0.697. The number of sulfonamides is 1. The van der Waals surface area contributed by atoms with Crippen LogP contribution in [-0.4, -0.2) is 26.9 Å². The maximum absolute atomic E-state index is 12.5. The topological polar surface area (TPSA) is 101 Å². The fourth-order valence-electron chi connectivity index (χ4n) is 2.17. The van der Waals surface area contributed by atoms with Crippen LogP contribution in [0.5, 0.6) is 0 Å². The van der Waals surface area contributed by atoms with Crippen molar-refractivity contribution in [2.45, 2.75) is 31.7 Å². The molecular formula is C18H24ClN3O3S. The van der Waals surface area contributed by atoms with Crippen LogP contribution in [-0.2, 0) is 10.0 Å². The van der Waals surface area contributed by atoms with Crippen LogP contribution in [0.25, 0.3) is 0 Å². The minimum absolute atomic E-state index is 0. The first-order chi connectivity index (χ1) is 11.7. The van der Waals surface area contributed by atoms with Gasteiger partial charge in [-0.25, -0.2) is 8.42 Å². The molecule has 1 atom stereocenters. The minimum atomic E-state index is -3.71. The zero-order valence-electron chi connectivity index (χ0n) is 14.9. The van der Waals surface area contributed by atoms with Crippen molar-refractivity contribution in [3.63, 3.8) is 0 Å². The van der Waals surface area contributed by atoms with Crippen LogP contribution in [0.4, 0.5) is 5.69 Å². The normalized spacial score (nSPS) is 12.0. The van der Waals surface area contributed by atoms with E-state index in [9.17, 15) is 13.2 Å². The second kappa shape index (κ2) is 9.02. The molecular weight excluding hydrogens is 374 g/mol. The van der Waals surface area contributed by atoms with Gasteiger partial charge in [-0.2, -0.15) is 0 Å². The molecule has 4 N–H and O–H groups in total. The third-order valence-corrected chi connectivity index (χ3v) is 5.31. The molecule has 1 amide bonds. The highest BCUT2D eigenvalue weighted by atomic mass is 35.5. The number of nitrogens with two attached hydrogens (primary N) is 1. The summed E-state index contributed by atoms with van der Waals surface area (Å²) in [6, 6.07) is 11.0. The van der Waals surface area contributed by atoms with E-state index in [-0.39, 0.29) is 29.3 Å². The van der Waals surface area contributed by atoms with Gasteiger partial charge in [0.1, 0.15) is 0 Å². The Morgan fingerprint density at radius 2 is 1.69 bits per heavy atom. The van der Waals surface area contributed by atoms with Crippen molar-refractivity contribution < 1.29 is 13.2 Å². The summed E-state index contributed by atoms with van der Waals surface area (Å²) < 4.78 is 27.5. The highest BCUT2D eigenvalue weighted by molar-refractivity contribution is 7.92. The van der Waals surface area contributed by atoms with Crippen LogP contribution in [0.15, 0.2) is 47.4 Å². The molecule has 142 valence electrons. The first-order valence-electron chi connectivity index (χ1n) is 7.94. The van der Waals surface area contributed by atoms with E-state index in [4.69, 9.17) is 5.73 Å². The third kappa shape index (κ3) is 5.45. The average Bonchev–Trinajstić information content (AvgIpc) is 2.58. The fraction of sp³-hybridized carbons (Fsp3) is 0.278. The Hall–Kier alpha value is -2.09. The first kappa shape index (κ1) is 22.0. The average molecular weight is 398 g/mol. The molecule has 0 aromatic heterocycles. The largest absolute Gasteiger partial charge is 0.348 e. The van der Waals surface area contributed by atoms with E-state index >= 15 is 0 Å². The summed E-state index contributed by atoms with van der Waals surface area (Å²) in [6.45, 7) is 6.01. The van der Waals surface area contributed by atoms with Crippen molar-refractivity contribution in [2.75, 3.05) is 11.3 Å². The van der Waals surface area contributed by atoms with Crippen molar-refractivity contribution >= 4 is 34.0 Å². The molecule has 0 radical (unpaired) electrons. The summed E-state index contributed by atoms with van der Waals surface area (Å²) in [5.74, 6) is -0.288. The van der Waals surface area contributed by atoms with Gasteiger partial charge in [-0.05, 0) is 68.3 Å². The zero-order chi connectivity index (χ0) is 18.6. The number of hydrogen-bond acceptors (Lipinski definition) is 4. The molecule has 8 heteroatoms. The third-order valence-electron chi connectivity index (χ3n) is 3.92. The number of amides is 1. The van der Waals surface area contributed by atoms with E-state index < -0.39 is 10.0 Å². The van der Waals surface area contributed by atoms with Gasteiger partial charge in [0.05, 0.1) is 4.90 Å². The minimum Gasteiger partial charge on any atom is -0.348 e. The summed E-state index contributed by atoms with van der Waals surface area (Å²) in [4.78, 5) is 12.1. The fourth-order valence-corrected chi connectivity index (χ4v) is 3.22. The van der Waals surface area contributed by atoms with Gasteiger partial charge in [-0.3, -0.25) is 9.52 Å². The lowest BCUT2D eigenvalue weighted by atomic mass is 10.1. The van der Waals surface area contributed by atoms with E-state index in [0.29, 0.717) is 17.8 Å². The molecule has 0 saturated heterocycles. The molecule has 0 aliphatic carbocycles. The lowest BCUT2D eigenvalue weighted by molar-refractivity contribution is 0.0941. The van der Waals surface area contributed by atoms with Gasteiger partial charge in [0.2, 0.25) is 0 Å². The molecule has 6 nitrogen and oxygen atoms in total. The van der Waals surface area contributed by atoms with Gasteiger partial charge in [0.15, 0.2) is 0 Å². The van der Waals surface area contributed by atoms with Crippen LogP contribution in [0.3, 0.4) is 0 Å². The number of hydrogen-bond donors (Lipinski definition) is 3. The summed E-state index contributed by atoms with van der Waals surface area (Å²) in [6.07, 6.45) is 0. The highest BCUT2D eigenvalue weighted by Gasteiger charge is 2.16. The molecule has 2 aromatic rings. The Labute approximate surface area is 160 Å². The van der Waals surface area contributed by atoms with Gasteiger partial charge < -0.3 is 11.1 Å². The molecule has 0 bridgehead atoms. The molecule has 0 aliphatic rings. The highest BCUT2D eigenvalue weighted by Crippen LogP contribution is 2.19. The van der Waals surface area contributed by atoms with Crippen molar-refractivity contribution in [1.82, 2.24) is 5.32 Å². The van der Waals surface area contributed by atoms with Gasteiger partial charge in [0, 0.05) is 23.8 Å². The molecule has 0 aliphatic heterocycles. The summed E-state index contributed by atoms with van der Waals surface area (Å²) in [5, 5.41) is 2.73. The Morgan fingerprint density at radius 3 is 2.23 bits per heavy atom. The number of carbonyl (C=O) groups is 1. The Morgan fingerprint density at radius 1 is 1.08 bits per heavy atom. The number of aryl methyl sites for hydroxylation is 2. The van der Waals surface area contributed by atoms with Gasteiger partial charge in [-0.1, -0.05) is 6.07 Å². The van der Waals surface area contributed by atoms with Crippen LogP contribution < -0.4 is 15.8 Å². The lowest BCUT2D eigenvalue weighted by Crippen LogP contribution is -2.37. The lowest BCUT2D eigenvalue weighted by Gasteiger charge is -2.12. The number of halogens is 1. The molecule has 0 saturated carbocycles. The number of benzene rings is 2. The van der Waals surface area contributed by atoms with E-state index in [1.807, 2.05) is 19.9 Å². The second-order valence-corrected chi connectivity index (χ2v) is 7.72. The molecule has 2 aromatic carbocycles.